The third-order valence-corrected chi connectivity index (χ3v) is 5.68. The van der Waals surface area contributed by atoms with E-state index in [2.05, 4.69) is 55.0 Å². The molecule has 6 heteroatoms. The average molecular weight is 394 g/mol. The zero-order valence-corrected chi connectivity index (χ0v) is 17.7. The molecule has 1 aromatic carbocycles. The minimum Gasteiger partial charge on any atom is -0.326 e. The SMILES string of the molecule is CCc1cc(-c2ccccc2)nn1CCC(C)(C)NCC(=O)N1CCCC1C#N. The van der Waals surface area contributed by atoms with E-state index < -0.39 is 0 Å². The van der Waals surface area contributed by atoms with Crippen molar-refractivity contribution in [2.45, 2.75) is 64.6 Å². The van der Waals surface area contributed by atoms with Crippen molar-refractivity contribution in [1.82, 2.24) is 20.0 Å². The summed E-state index contributed by atoms with van der Waals surface area (Å²) in [5, 5.41) is 17.4. The smallest absolute Gasteiger partial charge is 0.237 e. The molecule has 1 aromatic heterocycles. The normalized spacial score (nSPS) is 16.8. The van der Waals surface area contributed by atoms with Gasteiger partial charge >= 0.3 is 0 Å². The Balaban J connectivity index is 1.58. The molecule has 1 aliphatic rings. The Kier molecular flexibility index (Phi) is 6.71. The molecule has 2 heterocycles. The monoisotopic (exact) mass is 393 g/mol. The Labute approximate surface area is 173 Å². The largest absolute Gasteiger partial charge is 0.326 e. The summed E-state index contributed by atoms with van der Waals surface area (Å²) in [5.41, 5.74) is 3.13. The van der Waals surface area contributed by atoms with E-state index in [1.54, 1.807) is 4.90 Å². The molecule has 29 heavy (non-hydrogen) atoms. The maximum absolute atomic E-state index is 12.5. The lowest BCUT2D eigenvalue weighted by Crippen LogP contribution is -2.48. The van der Waals surface area contributed by atoms with Gasteiger partial charge in [-0.05, 0) is 45.6 Å². The number of hydrogen-bond acceptors (Lipinski definition) is 4. The second-order valence-corrected chi connectivity index (χ2v) is 8.33. The maximum Gasteiger partial charge on any atom is 0.237 e. The highest BCUT2D eigenvalue weighted by Crippen LogP contribution is 2.21. The van der Waals surface area contributed by atoms with Gasteiger partial charge in [0.05, 0.1) is 18.3 Å². The summed E-state index contributed by atoms with van der Waals surface area (Å²) in [6.45, 7) is 8.11. The van der Waals surface area contributed by atoms with Gasteiger partial charge in [0.2, 0.25) is 5.91 Å². The third kappa shape index (κ3) is 5.24. The number of hydrogen-bond donors (Lipinski definition) is 1. The molecule has 1 aliphatic heterocycles. The van der Waals surface area contributed by atoms with E-state index in [0.717, 1.165) is 43.5 Å². The first-order valence-electron chi connectivity index (χ1n) is 10.5. The van der Waals surface area contributed by atoms with E-state index >= 15 is 0 Å². The molecule has 154 valence electrons. The lowest BCUT2D eigenvalue weighted by atomic mass is 10.0. The Morgan fingerprint density at radius 1 is 1.34 bits per heavy atom. The number of nitriles is 1. The van der Waals surface area contributed by atoms with E-state index in [-0.39, 0.29) is 24.0 Å². The van der Waals surface area contributed by atoms with Gasteiger partial charge in [-0.3, -0.25) is 9.48 Å². The molecule has 0 aliphatic carbocycles. The molecule has 0 saturated carbocycles. The van der Waals surface area contributed by atoms with E-state index in [0.29, 0.717) is 6.54 Å². The average Bonchev–Trinajstić information content (AvgIpc) is 3.38. The summed E-state index contributed by atoms with van der Waals surface area (Å²) in [6.07, 6.45) is 3.48. The van der Waals surface area contributed by atoms with Crippen molar-refractivity contribution in [2.75, 3.05) is 13.1 Å². The predicted molar refractivity (Wildman–Crippen MR) is 114 cm³/mol. The first-order chi connectivity index (χ1) is 13.9. The van der Waals surface area contributed by atoms with Gasteiger partial charge in [-0.25, -0.2) is 0 Å². The molecule has 1 amide bonds. The van der Waals surface area contributed by atoms with Gasteiger partial charge in [0.1, 0.15) is 6.04 Å². The number of nitrogens with one attached hydrogen (secondary N) is 1. The van der Waals surface area contributed by atoms with Gasteiger partial charge in [0.25, 0.3) is 0 Å². The van der Waals surface area contributed by atoms with Crippen LogP contribution in [0.4, 0.5) is 0 Å². The Hall–Kier alpha value is -2.65. The number of rotatable bonds is 8. The van der Waals surface area contributed by atoms with E-state index in [1.807, 2.05) is 18.2 Å². The van der Waals surface area contributed by atoms with Gasteiger partial charge in [0.15, 0.2) is 0 Å². The van der Waals surface area contributed by atoms with Crippen molar-refractivity contribution in [1.29, 1.82) is 5.26 Å². The first kappa shape index (κ1) is 21.1. The van der Waals surface area contributed by atoms with Gasteiger partial charge < -0.3 is 10.2 Å². The summed E-state index contributed by atoms with van der Waals surface area (Å²) in [4.78, 5) is 14.2. The zero-order valence-electron chi connectivity index (χ0n) is 17.7. The molecule has 1 N–H and O–H groups in total. The number of carbonyl (C=O) groups excluding carboxylic acids is 1. The molecule has 0 bridgehead atoms. The molecule has 0 radical (unpaired) electrons. The molecule has 2 aromatic rings. The standard InChI is InChI=1S/C23H31N5O/c1-4-19-15-21(18-9-6-5-7-10-18)26-28(19)14-12-23(2,3)25-17-22(29)27-13-8-11-20(27)16-24/h5-7,9-10,15,20,25H,4,8,11-14,17H2,1-3H3. The molecule has 1 fully saturated rings. The minimum absolute atomic E-state index is 0.0156. The molecule has 6 nitrogen and oxygen atoms in total. The molecule has 1 atom stereocenters. The van der Waals surface area contributed by atoms with Crippen molar-refractivity contribution in [3.8, 4) is 17.3 Å². The molecular formula is C23H31N5O. The van der Waals surface area contributed by atoms with Crippen molar-refractivity contribution in [2.24, 2.45) is 0 Å². The van der Waals surface area contributed by atoms with Crippen LogP contribution in [0.15, 0.2) is 36.4 Å². The van der Waals surface area contributed by atoms with Crippen LogP contribution in [0.1, 0.15) is 45.7 Å². The number of amides is 1. The molecule has 1 saturated heterocycles. The predicted octanol–water partition coefficient (Wildman–Crippen LogP) is 3.39. The molecule has 0 spiro atoms. The lowest BCUT2D eigenvalue weighted by molar-refractivity contribution is -0.130. The highest BCUT2D eigenvalue weighted by molar-refractivity contribution is 5.79. The van der Waals surface area contributed by atoms with Crippen LogP contribution in [-0.4, -0.2) is 45.3 Å². The fourth-order valence-corrected chi connectivity index (χ4v) is 3.77. The van der Waals surface area contributed by atoms with Crippen molar-refractivity contribution in [3.05, 3.63) is 42.1 Å². The van der Waals surface area contributed by atoms with Gasteiger partial charge in [0, 0.05) is 29.9 Å². The highest BCUT2D eigenvalue weighted by Gasteiger charge is 2.29. The number of benzene rings is 1. The number of likely N-dealkylation sites (tertiary alicyclic amines) is 1. The topological polar surface area (TPSA) is 74.0 Å². The minimum atomic E-state index is -0.264. The Morgan fingerprint density at radius 2 is 2.10 bits per heavy atom. The summed E-state index contributed by atoms with van der Waals surface area (Å²) in [6, 6.07) is 14.4. The fraction of sp³-hybridized carbons (Fsp3) is 0.522. The summed E-state index contributed by atoms with van der Waals surface area (Å²) >= 11 is 0. The summed E-state index contributed by atoms with van der Waals surface area (Å²) in [7, 11) is 0. The van der Waals surface area contributed by atoms with Crippen LogP contribution in [0.3, 0.4) is 0 Å². The first-order valence-corrected chi connectivity index (χ1v) is 10.5. The van der Waals surface area contributed by atoms with Crippen LogP contribution >= 0.6 is 0 Å². The van der Waals surface area contributed by atoms with Crippen LogP contribution in [0.2, 0.25) is 0 Å². The van der Waals surface area contributed by atoms with Gasteiger partial charge in [-0.1, -0.05) is 37.3 Å². The summed E-state index contributed by atoms with van der Waals surface area (Å²) in [5.74, 6) is 0.0156. The van der Waals surface area contributed by atoms with E-state index in [1.165, 1.54) is 5.69 Å². The quantitative estimate of drug-likeness (QED) is 0.746. The molecule has 1 unspecified atom stereocenters. The molecule has 3 rings (SSSR count). The number of aryl methyl sites for hydroxylation is 2. The van der Waals surface area contributed by atoms with Crippen LogP contribution in [0.5, 0.6) is 0 Å². The Morgan fingerprint density at radius 3 is 2.79 bits per heavy atom. The van der Waals surface area contributed by atoms with Crippen LogP contribution < -0.4 is 5.32 Å². The summed E-state index contributed by atoms with van der Waals surface area (Å²) < 4.78 is 2.08. The van der Waals surface area contributed by atoms with Gasteiger partial charge in [-0.15, -0.1) is 0 Å². The van der Waals surface area contributed by atoms with Crippen molar-refractivity contribution in [3.63, 3.8) is 0 Å². The van der Waals surface area contributed by atoms with E-state index in [9.17, 15) is 10.1 Å². The zero-order chi connectivity index (χ0) is 20.9. The van der Waals surface area contributed by atoms with Crippen LogP contribution in [0.25, 0.3) is 11.3 Å². The number of aromatic nitrogens is 2. The second kappa shape index (κ2) is 9.23. The van der Waals surface area contributed by atoms with Crippen molar-refractivity contribution >= 4 is 5.91 Å². The lowest BCUT2D eigenvalue weighted by Gasteiger charge is -2.28. The highest BCUT2D eigenvalue weighted by atomic mass is 16.2. The fourth-order valence-electron chi connectivity index (χ4n) is 3.77. The van der Waals surface area contributed by atoms with Gasteiger partial charge in [-0.2, -0.15) is 10.4 Å². The Bertz CT molecular complexity index is 865. The van der Waals surface area contributed by atoms with E-state index in [4.69, 9.17) is 5.10 Å². The van der Waals surface area contributed by atoms with Crippen LogP contribution in [-0.2, 0) is 17.8 Å². The third-order valence-electron chi connectivity index (χ3n) is 5.68. The number of carbonyl (C=O) groups is 1. The van der Waals surface area contributed by atoms with Crippen LogP contribution in [0, 0.1) is 11.3 Å². The maximum atomic E-state index is 12.5. The second-order valence-electron chi connectivity index (χ2n) is 8.33. The number of nitrogens with zero attached hydrogens (tertiary/aromatic N) is 4. The van der Waals surface area contributed by atoms with Crippen molar-refractivity contribution < 1.29 is 4.79 Å². The molecular weight excluding hydrogens is 362 g/mol.